The van der Waals surface area contributed by atoms with Crippen LogP contribution in [-0.4, -0.2) is 39.1 Å². The van der Waals surface area contributed by atoms with Crippen molar-refractivity contribution >= 4 is 21.6 Å². The van der Waals surface area contributed by atoms with Gasteiger partial charge in [-0.2, -0.15) is 0 Å². The van der Waals surface area contributed by atoms with Gasteiger partial charge in [-0.15, -0.1) is 0 Å². The number of benzene rings is 2. The minimum atomic E-state index is -3.51. The van der Waals surface area contributed by atoms with Gasteiger partial charge in [0.25, 0.3) is 0 Å². The van der Waals surface area contributed by atoms with Crippen LogP contribution in [0.1, 0.15) is 25.3 Å². The average molecular weight is 409 g/mol. The summed E-state index contributed by atoms with van der Waals surface area (Å²) in [5, 5.41) is 0.737. The van der Waals surface area contributed by atoms with E-state index in [2.05, 4.69) is 9.62 Å². The third kappa shape index (κ3) is 5.69. The highest BCUT2D eigenvalue weighted by Crippen LogP contribution is 2.19. The number of sulfonamides is 1. The number of hydrogen-bond donors (Lipinski definition) is 1. The predicted octanol–water partition coefficient (Wildman–Crippen LogP) is 3.68. The van der Waals surface area contributed by atoms with Crippen molar-refractivity contribution in [3.8, 4) is 5.75 Å². The summed E-state index contributed by atoms with van der Waals surface area (Å²) < 4.78 is 33.4. The molecule has 0 saturated carbocycles. The Labute approximate surface area is 166 Å². The van der Waals surface area contributed by atoms with Crippen LogP contribution in [0.5, 0.6) is 5.75 Å². The van der Waals surface area contributed by atoms with Crippen LogP contribution in [0.2, 0.25) is 5.02 Å². The first kappa shape index (κ1) is 20.1. The Morgan fingerprint density at radius 1 is 1.07 bits per heavy atom. The third-order valence-electron chi connectivity index (χ3n) is 4.67. The number of likely N-dealkylation sites (tertiary alicyclic amines) is 1. The number of hydrogen-bond acceptors (Lipinski definition) is 4. The lowest BCUT2D eigenvalue weighted by atomic mass is 10.1. The summed E-state index contributed by atoms with van der Waals surface area (Å²) in [6.45, 7) is 5.03. The quantitative estimate of drug-likeness (QED) is 0.759. The lowest BCUT2D eigenvalue weighted by molar-refractivity contribution is 0.200. The maximum atomic E-state index is 12.6. The molecule has 1 aliphatic rings. The molecule has 0 aromatic heterocycles. The van der Waals surface area contributed by atoms with Crippen LogP contribution < -0.4 is 9.46 Å². The van der Waals surface area contributed by atoms with E-state index in [0.29, 0.717) is 12.4 Å². The van der Waals surface area contributed by atoms with Crippen LogP contribution in [0, 0.1) is 0 Å². The van der Waals surface area contributed by atoms with Crippen LogP contribution in [0.25, 0.3) is 0 Å². The second-order valence-electron chi connectivity index (χ2n) is 6.70. The van der Waals surface area contributed by atoms with Crippen LogP contribution in [0.3, 0.4) is 0 Å². The Morgan fingerprint density at radius 2 is 1.70 bits per heavy atom. The molecule has 1 fully saturated rings. The molecule has 0 spiro atoms. The van der Waals surface area contributed by atoms with Gasteiger partial charge in [0.15, 0.2) is 0 Å². The summed E-state index contributed by atoms with van der Waals surface area (Å²) in [5.41, 5.74) is 1.22. The smallest absolute Gasteiger partial charge is 0.240 e. The van der Waals surface area contributed by atoms with Gasteiger partial charge in [-0.05, 0) is 61.7 Å². The summed E-state index contributed by atoms with van der Waals surface area (Å²) >= 11 is 5.92. The standard InChI is InChI=1S/C20H25ClN2O3S/c1-2-26-19-7-9-20(10-8-19)27(24,25)22-18-11-13-23(14-12-18)15-16-3-5-17(21)6-4-16/h3-10,18,22H,2,11-15H2,1H3. The van der Waals surface area contributed by atoms with Crippen molar-refractivity contribution in [2.45, 2.75) is 37.2 Å². The van der Waals surface area contributed by atoms with Crippen molar-refractivity contribution in [1.29, 1.82) is 0 Å². The van der Waals surface area contributed by atoms with E-state index in [1.54, 1.807) is 24.3 Å². The first-order valence-electron chi connectivity index (χ1n) is 9.18. The molecule has 1 saturated heterocycles. The molecule has 0 bridgehead atoms. The Balaban J connectivity index is 1.52. The highest BCUT2D eigenvalue weighted by Gasteiger charge is 2.24. The van der Waals surface area contributed by atoms with Crippen LogP contribution >= 0.6 is 11.6 Å². The first-order valence-corrected chi connectivity index (χ1v) is 11.0. The first-order chi connectivity index (χ1) is 13.0. The van der Waals surface area contributed by atoms with E-state index in [4.69, 9.17) is 16.3 Å². The number of rotatable bonds is 7. The molecular weight excluding hydrogens is 384 g/mol. The zero-order valence-corrected chi connectivity index (χ0v) is 17.0. The van der Waals surface area contributed by atoms with Gasteiger partial charge in [0.2, 0.25) is 10.0 Å². The summed E-state index contributed by atoms with van der Waals surface area (Å²) in [5.74, 6) is 0.673. The number of piperidine rings is 1. The lowest BCUT2D eigenvalue weighted by Crippen LogP contribution is -2.44. The summed E-state index contributed by atoms with van der Waals surface area (Å²) in [4.78, 5) is 2.61. The molecule has 0 radical (unpaired) electrons. The van der Waals surface area contributed by atoms with E-state index in [9.17, 15) is 8.42 Å². The monoisotopic (exact) mass is 408 g/mol. The molecule has 2 aromatic carbocycles. The Morgan fingerprint density at radius 3 is 2.30 bits per heavy atom. The Kier molecular flexibility index (Phi) is 6.76. The molecule has 1 N–H and O–H groups in total. The van der Waals surface area contributed by atoms with Gasteiger partial charge < -0.3 is 4.74 Å². The minimum Gasteiger partial charge on any atom is -0.494 e. The van der Waals surface area contributed by atoms with Crippen molar-refractivity contribution in [1.82, 2.24) is 9.62 Å². The SMILES string of the molecule is CCOc1ccc(S(=O)(=O)NC2CCN(Cc3ccc(Cl)cc3)CC2)cc1. The summed E-state index contributed by atoms with van der Waals surface area (Å²) in [7, 11) is -3.51. The van der Waals surface area contributed by atoms with Crippen molar-refractivity contribution < 1.29 is 13.2 Å². The molecule has 146 valence electrons. The zero-order valence-electron chi connectivity index (χ0n) is 15.4. The van der Waals surface area contributed by atoms with Crippen molar-refractivity contribution in [2.75, 3.05) is 19.7 Å². The molecule has 0 unspecified atom stereocenters. The molecule has 27 heavy (non-hydrogen) atoms. The average Bonchev–Trinajstić information content (AvgIpc) is 2.66. The normalized spacial score (nSPS) is 16.4. The van der Waals surface area contributed by atoms with Gasteiger partial charge in [-0.3, -0.25) is 4.90 Å². The number of ether oxygens (including phenoxy) is 1. The van der Waals surface area contributed by atoms with Gasteiger partial charge in [-0.25, -0.2) is 13.1 Å². The highest BCUT2D eigenvalue weighted by atomic mass is 35.5. The number of nitrogens with one attached hydrogen (secondary N) is 1. The van der Waals surface area contributed by atoms with E-state index < -0.39 is 10.0 Å². The minimum absolute atomic E-state index is 0.0389. The van der Waals surface area contributed by atoms with Gasteiger partial charge >= 0.3 is 0 Å². The van der Waals surface area contributed by atoms with Gasteiger partial charge in [0.1, 0.15) is 5.75 Å². The largest absolute Gasteiger partial charge is 0.494 e. The molecule has 2 aromatic rings. The Hall–Kier alpha value is -1.60. The fourth-order valence-electron chi connectivity index (χ4n) is 3.23. The van der Waals surface area contributed by atoms with Crippen molar-refractivity contribution in [3.05, 3.63) is 59.1 Å². The van der Waals surface area contributed by atoms with E-state index >= 15 is 0 Å². The molecular formula is C20H25ClN2O3S. The van der Waals surface area contributed by atoms with Crippen molar-refractivity contribution in [2.24, 2.45) is 0 Å². The summed E-state index contributed by atoms with van der Waals surface area (Å²) in [6.07, 6.45) is 1.59. The predicted molar refractivity (Wildman–Crippen MR) is 108 cm³/mol. The maximum absolute atomic E-state index is 12.6. The highest BCUT2D eigenvalue weighted by molar-refractivity contribution is 7.89. The summed E-state index contributed by atoms with van der Waals surface area (Å²) in [6, 6.07) is 14.4. The third-order valence-corrected chi connectivity index (χ3v) is 6.46. The van der Waals surface area contributed by atoms with Crippen LogP contribution in [0.15, 0.2) is 53.4 Å². The topological polar surface area (TPSA) is 58.6 Å². The number of halogens is 1. The second kappa shape index (κ2) is 9.06. The molecule has 1 heterocycles. The van der Waals surface area contributed by atoms with Gasteiger partial charge in [0, 0.05) is 30.7 Å². The fraction of sp³-hybridized carbons (Fsp3) is 0.400. The molecule has 5 nitrogen and oxygen atoms in total. The van der Waals surface area contributed by atoms with E-state index in [1.165, 1.54) is 5.56 Å². The fourth-order valence-corrected chi connectivity index (χ4v) is 4.66. The number of nitrogens with zero attached hydrogens (tertiary/aromatic N) is 1. The molecule has 3 rings (SSSR count). The lowest BCUT2D eigenvalue weighted by Gasteiger charge is -2.32. The van der Waals surface area contributed by atoms with Crippen LogP contribution in [-0.2, 0) is 16.6 Å². The molecule has 0 atom stereocenters. The molecule has 7 heteroatoms. The van der Waals surface area contributed by atoms with Gasteiger partial charge in [0.05, 0.1) is 11.5 Å². The Bertz CT molecular complexity index is 831. The van der Waals surface area contributed by atoms with Crippen molar-refractivity contribution in [3.63, 3.8) is 0 Å². The second-order valence-corrected chi connectivity index (χ2v) is 8.85. The maximum Gasteiger partial charge on any atom is 0.240 e. The van der Waals surface area contributed by atoms with Crippen LogP contribution in [0.4, 0.5) is 0 Å². The van der Waals surface area contributed by atoms with E-state index in [-0.39, 0.29) is 10.9 Å². The molecule has 1 aliphatic heterocycles. The molecule has 0 aliphatic carbocycles. The molecule has 0 amide bonds. The zero-order chi connectivity index (χ0) is 19.3. The van der Waals surface area contributed by atoms with E-state index in [0.717, 1.165) is 37.5 Å². The van der Waals surface area contributed by atoms with E-state index in [1.807, 2.05) is 31.2 Å². The van der Waals surface area contributed by atoms with Gasteiger partial charge in [-0.1, -0.05) is 23.7 Å².